The third-order valence-corrected chi connectivity index (χ3v) is 4.96. The van der Waals surface area contributed by atoms with E-state index in [1.165, 1.54) is 51.4 Å². The SMILES string of the molecule is CC(C)OC1C[C@H]2CC[C@@H](C1)N2C1CCCC1. The summed E-state index contributed by atoms with van der Waals surface area (Å²) >= 11 is 0. The fraction of sp³-hybridized carbons (Fsp3) is 1.00. The van der Waals surface area contributed by atoms with Gasteiger partial charge in [0.2, 0.25) is 0 Å². The Labute approximate surface area is 106 Å². The standard InChI is InChI=1S/C15H27NO/c1-11(2)17-15-9-13-7-8-14(10-15)16(13)12-5-3-4-6-12/h11-15H,3-10H2,1-2H3/t13-,14+,15?. The topological polar surface area (TPSA) is 12.5 Å². The average molecular weight is 237 g/mol. The van der Waals surface area contributed by atoms with Crippen molar-refractivity contribution in [2.45, 2.75) is 95.5 Å². The average Bonchev–Trinajstić information content (AvgIpc) is 2.84. The van der Waals surface area contributed by atoms with Gasteiger partial charge in [0.1, 0.15) is 0 Å². The van der Waals surface area contributed by atoms with Crippen LogP contribution < -0.4 is 0 Å². The molecule has 3 aliphatic rings. The molecule has 3 rings (SSSR count). The molecule has 2 aliphatic heterocycles. The molecule has 2 bridgehead atoms. The van der Waals surface area contributed by atoms with Crippen molar-refractivity contribution < 1.29 is 4.74 Å². The van der Waals surface area contributed by atoms with E-state index in [9.17, 15) is 0 Å². The molecule has 0 spiro atoms. The minimum atomic E-state index is 0.400. The van der Waals surface area contributed by atoms with Crippen LogP contribution in [0.1, 0.15) is 65.2 Å². The van der Waals surface area contributed by atoms with E-state index in [-0.39, 0.29) is 0 Å². The number of hydrogen-bond donors (Lipinski definition) is 0. The Morgan fingerprint density at radius 1 is 0.882 bits per heavy atom. The third-order valence-electron chi connectivity index (χ3n) is 4.96. The molecular formula is C15H27NO. The maximum absolute atomic E-state index is 6.06. The van der Waals surface area contributed by atoms with E-state index in [2.05, 4.69) is 18.7 Å². The van der Waals surface area contributed by atoms with E-state index < -0.39 is 0 Å². The predicted octanol–water partition coefficient (Wildman–Crippen LogP) is 3.35. The van der Waals surface area contributed by atoms with E-state index in [0.717, 1.165) is 18.1 Å². The number of piperidine rings is 1. The second kappa shape index (κ2) is 4.89. The molecule has 0 aromatic rings. The zero-order valence-corrected chi connectivity index (χ0v) is 11.4. The Morgan fingerprint density at radius 2 is 1.47 bits per heavy atom. The lowest BCUT2D eigenvalue weighted by atomic mass is 9.96. The van der Waals surface area contributed by atoms with Gasteiger partial charge in [0.25, 0.3) is 0 Å². The van der Waals surface area contributed by atoms with E-state index >= 15 is 0 Å². The van der Waals surface area contributed by atoms with E-state index in [0.29, 0.717) is 12.2 Å². The van der Waals surface area contributed by atoms with Crippen LogP contribution in [-0.4, -0.2) is 35.2 Å². The normalized spacial score (nSPS) is 39.4. The highest BCUT2D eigenvalue weighted by atomic mass is 16.5. The van der Waals surface area contributed by atoms with Crippen LogP contribution in [0.4, 0.5) is 0 Å². The van der Waals surface area contributed by atoms with E-state index in [1.54, 1.807) is 0 Å². The Hall–Kier alpha value is -0.0800. The highest BCUT2D eigenvalue weighted by Gasteiger charge is 2.44. The molecular weight excluding hydrogens is 210 g/mol. The Kier molecular flexibility index (Phi) is 3.45. The van der Waals surface area contributed by atoms with Crippen LogP contribution in [0.5, 0.6) is 0 Å². The van der Waals surface area contributed by atoms with Crippen molar-refractivity contribution in [1.29, 1.82) is 0 Å². The molecule has 1 saturated carbocycles. The van der Waals surface area contributed by atoms with E-state index in [4.69, 9.17) is 4.74 Å². The van der Waals surface area contributed by atoms with Gasteiger partial charge in [-0.25, -0.2) is 0 Å². The number of fused-ring (bicyclic) bond motifs is 2. The molecule has 17 heavy (non-hydrogen) atoms. The maximum Gasteiger partial charge on any atom is 0.0608 e. The molecule has 0 aromatic heterocycles. The summed E-state index contributed by atoms with van der Waals surface area (Å²) in [4.78, 5) is 2.90. The number of nitrogens with zero attached hydrogens (tertiary/aromatic N) is 1. The lowest BCUT2D eigenvalue weighted by Gasteiger charge is -2.42. The molecule has 1 unspecified atom stereocenters. The first-order valence-corrected chi connectivity index (χ1v) is 7.67. The molecule has 1 aliphatic carbocycles. The summed E-state index contributed by atoms with van der Waals surface area (Å²) in [5.74, 6) is 0. The van der Waals surface area contributed by atoms with Gasteiger partial charge in [-0.15, -0.1) is 0 Å². The Morgan fingerprint density at radius 3 is 2.00 bits per heavy atom. The lowest BCUT2D eigenvalue weighted by Crippen LogP contribution is -2.50. The quantitative estimate of drug-likeness (QED) is 0.746. The monoisotopic (exact) mass is 237 g/mol. The molecule has 0 amide bonds. The zero-order valence-electron chi connectivity index (χ0n) is 11.4. The van der Waals surface area contributed by atoms with Gasteiger partial charge >= 0.3 is 0 Å². The summed E-state index contributed by atoms with van der Waals surface area (Å²) in [6.45, 7) is 4.34. The van der Waals surface area contributed by atoms with Gasteiger partial charge in [-0.05, 0) is 52.4 Å². The molecule has 98 valence electrons. The van der Waals surface area contributed by atoms with Crippen LogP contribution in [0.15, 0.2) is 0 Å². The van der Waals surface area contributed by atoms with Crippen LogP contribution in [-0.2, 0) is 4.74 Å². The van der Waals surface area contributed by atoms with Crippen molar-refractivity contribution in [3.8, 4) is 0 Å². The molecule has 2 saturated heterocycles. The van der Waals surface area contributed by atoms with Crippen molar-refractivity contribution in [3.63, 3.8) is 0 Å². The summed E-state index contributed by atoms with van der Waals surface area (Å²) in [6, 6.07) is 2.62. The van der Waals surface area contributed by atoms with Crippen LogP contribution in [0.2, 0.25) is 0 Å². The van der Waals surface area contributed by atoms with Gasteiger partial charge < -0.3 is 4.74 Å². The first-order valence-electron chi connectivity index (χ1n) is 7.67. The van der Waals surface area contributed by atoms with Crippen molar-refractivity contribution >= 4 is 0 Å². The largest absolute Gasteiger partial charge is 0.375 e. The van der Waals surface area contributed by atoms with Gasteiger partial charge in [0, 0.05) is 18.1 Å². The first-order chi connectivity index (χ1) is 8.24. The Balaban J connectivity index is 1.63. The van der Waals surface area contributed by atoms with Gasteiger partial charge in [-0.1, -0.05) is 12.8 Å². The molecule has 2 heteroatoms. The minimum Gasteiger partial charge on any atom is -0.375 e. The van der Waals surface area contributed by atoms with Gasteiger partial charge in [-0.2, -0.15) is 0 Å². The third kappa shape index (κ3) is 2.39. The number of ether oxygens (including phenoxy) is 1. The number of rotatable bonds is 3. The van der Waals surface area contributed by atoms with Crippen LogP contribution in [0.25, 0.3) is 0 Å². The first kappa shape index (κ1) is 12.0. The second-order valence-corrected chi connectivity index (χ2v) is 6.55. The molecule has 2 heterocycles. The number of hydrogen-bond acceptors (Lipinski definition) is 2. The highest BCUT2D eigenvalue weighted by molar-refractivity contribution is 4.99. The predicted molar refractivity (Wildman–Crippen MR) is 70.1 cm³/mol. The summed E-state index contributed by atoms with van der Waals surface area (Å²) in [6.07, 6.45) is 12.3. The Bertz CT molecular complexity index is 246. The van der Waals surface area contributed by atoms with Gasteiger partial charge in [-0.3, -0.25) is 4.90 Å². The molecule has 3 fully saturated rings. The van der Waals surface area contributed by atoms with Crippen LogP contribution in [0, 0.1) is 0 Å². The lowest BCUT2D eigenvalue weighted by molar-refractivity contribution is -0.0570. The molecule has 0 N–H and O–H groups in total. The molecule has 0 radical (unpaired) electrons. The van der Waals surface area contributed by atoms with Crippen molar-refractivity contribution in [3.05, 3.63) is 0 Å². The molecule has 3 atom stereocenters. The van der Waals surface area contributed by atoms with Crippen LogP contribution in [0.3, 0.4) is 0 Å². The second-order valence-electron chi connectivity index (χ2n) is 6.55. The maximum atomic E-state index is 6.06. The van der Waals surface area contributed by atoms with E-state index in [1.807, 2.05) is 0 Å². The fourth-order valence-corrected chi connectivity index (χ4v) is 4.46. The fourth-order valence-electron chi connectivity index (χ4n) is 4.46. The van der Waals surface area contributed by atoms with Crippen molar-refractivity contribution in [2.75, 3.05) is 0 Å². The van der Waals surface area contributed by atoms with Gasteiger partial charge in [0.05, 0.1) is 12.2 Å². The smallest absolute Gasteiger partial charge is 0.0608 e. The molecule has 2 nitrogen and oxygen atoms in total. The summed E-state index contributed by atoms with van der Waals surface area (Å²) in [5.41, 5.74) is 0. The van der Waals surface area contributed by atoms with Crippen LogP contribution >= 0.6 is 0 Å². The summed E-state index contributed by atoms with van der Waals surface area (Å²) in [5, 5.41) is 0. The van der Waals surface area contributed by atoms with Crippen molar-refractivity contribution in [1.82, 2.24) is 4.90 Å². The molecule has 0 aromatic carbocycles. The summed E-state index contributed by atoms with van der Waals surface area (Å²) < 4.78 is 6.06. The summed E-state index contributed by atoms with van der Waals surface area (Å²) in [7, 11) is 0. The van der Waals surface area contributed by atoms with Gasteiger partial charge in [0.15, 0.2) is 0 Å². The highest BCUT2D eigenvalue weighted by Crippen LogP contribution is 2.41. The zero-order chi connectivity index (χ0) is 11.8. The van der Waals surface area contributed by atoms with Crippen molar-refractivity contribution in [2.24, 2.45) is 0 Å². The minimum absolute atomic E-state index is 0.400.